The third kappa shape index (κ3) is 1.32. The lowest BCUT2D eigenvalue weighted by atomic mass is 10.0. The normalized spacial score (nSPS) is 33.8. The second-order valence-corrected chi connectivity index (χ2v) is 3.29. The molecule has 2 fully saturated rings. The summed E-state index contributed by atoms with van der Waals surface area (Å²) in [7, 11) is 0. The second kappa shape index (κ2) is 2.71. The SMILES string of the molecule is C[C@H]1CC2(CC(=O)O1)OCCO2. The van der Waals surface area contributed by atoms with Crippen LogP contribution in [0.15, 0.2) is 0 Å². The zero-order valence-electron chi connectivity index (χ0n) is 7.04. The summed E-state index contributed by atoms with van der Waals surface area (Å²) >= 11 is 0. The van der Waals surface area contributed by atoms with Crippen LogP contribution in [0, 0.1) is 0 Å². The molecule has 0 aromatic heterocycles. The lowest BCUT2D eigenvalue weighted by molar-refractivity contribution is -0.218. The zero-order chi connectivity index (χ0) is 8.60. The minimum atomic E-state index is -0.658. The number of esters is 1. The summed E-state index contributed by atoms with van der Waals surface area (Å²) in [5.74, 6) is -0.884. The highest BCUT2D eigenvalue weighted by atomic mass is 16.7. The first kappa shape index (κ1) is 8.01. The molecule has 2 aliphatic heterocycles. The van der Waals surface area contributed by atoms with Gasteiger partial charge in [0.15, 0.2) is 5.79 Å². The van der Waals surface area contributed by atoms with Crippen LogP contribution < -0.4 is 0 Å². The molecule has 12 heavy (non-hydrogen) atoms. The van der Waals surface area contributed by atoms with Crippen LogP contribution in [0.1, 0.15) is 19.8 Å². The molecule has 0 amide bonds. The number of carbonyl (C=O) groups is 1. The van der Waals surface area contributed by atoms with Gasteiger partial charge in [0.25, 0.3) is 0 Å². The summed E-state index contributed by atoms with van der Waals surface area (Å²) in [6, 6.07) is 0. The third-order valence-corrected chi connectivity index (χ3v) is 2.16. The number of rotatable bonds is 0. The monoisotopic (exact) mass is 172 g/mol. The van der Waals surface area contributed by atoms with Crippen LogP contribution in [0.3, 0.4) is 0 Å². The van der Waals surface area contributed by atoms with Crippen LogP contribution >= 0.6 is 0 Å². The van der Waals surface area contributed by atoms with Crippen molar-refractivity contribution in [2.45, 2.75) is 31.7 Å². The van der Waals surface area contributed by atoms with Crippen molar-refractivity contribution in [2.75, 3.05) is 13.2 Å². The van der Waals surface area contributed by atoms with Gasteiger partial charge in [0, 0.05) is 6.42 Å². The van der Waals surface area contributed by atoms with Gasteiger partial charge in [0.05, 0.1) is 19.6 Å². The van der Waals surface area contributed by atoms with E-state index in [9.17, 15) is 4.79 Å². The Morgan fingerprint density at radius 3 is 2.67 bits per heavy atom. The van der Waals surface area contributed by atoms with Crippen LogP contribution in [-0.2, 0) is 19.0 Å². The first-order valence-corrected chi connectivity index (χ1v) is 4.18. The lowest BCUT2D eigenvalue weighted by Gasteiger charge is -2.33. The Kier molecular flexibility index (Phi) is 1.81. The third-order valence-electron chi connectivity index (χ3n) is 2.16. The van der Waals surface area contributed by atoms with Gasteiger partial charge in [-0.05, 0) is 6.92 Å². The van der Waals surface area contributed by atoms with E-state index in [1.165, 1.54) is 0 Å². The number of hydrogen-bond acceptors (Lipinski definition) is 4. The van der Waals surface area contributed by atoms with E-state index >= 15 is 0 Å². The summed E-state index contributed by atoms with van der Waals surface area (Å²) in [5, 5.41) is 0. The molecule has 0 N–H and O–H groups in total. The van der Waals surface area contributed by atoms with Gasteiger partial charge in [-0.1, -0.05) is 0 Å². The first-order valence-electron chi connectivity index (χ1n) is 4.18. The van der Waals surface area contributed by atoms with Crippen molar-refractivity contribution in [3.8, 4) is 0 Å². The maximum absolute atomic E-state index is 11.1. The Labute approximate surface area is 70.8 Å². The molecule has 0 aromatic rings. The van der Waals surface area contributed by atoms with E-state index < -0.39 is 5.79 Å². The molecular formula is C8H12O4. The molecular weight excluding hydrogens is 160 g/mol. The summed E-state index contributed by atoms with van der Waals surface area (Å²) in [4.78, 5) is 11.1. The van der Waals surface area contributed by atoms with Crippen molar-refractivity contribution in [1.82, 2.24) is 0 Å². The fourth-order valence-electron chi connectivity index (χ4n) is 1.75. The maximum atomic E-state index is 11.1. The molecule has 0 radical (unpaired) electrons. The van der Waals surface area contributed by atoms with Crippen molar-refractivity contribution in [2.24, 2.45) is 0 Å². The molecule has 1 atom stereocenters. The Hall–Kier alpha value is -0.610. The molecule has 2 rings (SSSR count). The number of carbonyl (C=O) groups excluding carboxylic acids is 1. The second-order valence-electron chi connectivity index (χ2n) is 3.29. The summed E-state index contributed by atoms with van der Waals surface area (Å²) in [6.07, 6.45) is 0.792. The summed E-state index contributed by atoms with van der Waals surface area (Å²) in [5.41, 5.74) is 0. The highest BCUT2D eigenvalue weighted by molar-refractivity contribution is 5.71. The van der Waals surface area contributed by atoms with E-state index in [1.54, 1.807) is 0 Å². The number of hydrogen-bond donors (Lipinski definition) is 0. The van der Waals surface area contributed by atoms with Gasteiger partial charge in [0.1, 0.15) is 6.10 Å². The van der Waals surface area contributed by atoms with E-state index in [1.807, 2.05) is 6.92 Å². The number of ether oxygens (including phenoxy) is 3. The molecule has 1 spiro atoms. The molecule has 2 aliphatic rings. The molecule has 0 aromatic carbocycles. The minimum absolute atomic E-state index is 0.0932. The molecule has 0 aliphatic carbocycles. The average Bonchev–Trinajstić information content (AvgIpc) is 2.33. The molecule has 0 bridgehead atoms. The fraction of sp³-hybridized carbons (Fsp3) is 0.875. The Bertz CT molecular complexity index is 195. The minimum Gasteiger partial charge on any atom is -0.462 e. The Morgan fingerprint density at radius 1 is 1.42 bits per heavy atom. The lowest BCUT2D eigenvalue weighted by Crippen LogP contribution is -2.43. The first-order chi connectivity index (χ1) is 5.70. The highest BCUT2D eigenvalue weighted by Crippen LogP contribution is 2.33. The highest BCUT2D eigenvalue weighted by Gasteiger charge is 2.44. The zero-order valence-corrected chi connectivity index (χ0v) is 7.04. The fourth-order valence-corrected chi connectivity index (χ4v) is 1.75. The molecule has 4 nitrogen and oxygen atoms in total. The van der Waals surface area contributed by atoms with Crippen molar-refractivity contribution in [3.05, 3.63) is 0 Å². The smallest absolute Gasteiger partial charge is 0.311 e. The van der Waals surface area contributed by atoms with Crippen molar-refractivity contribution >= 4 is 5.97 Å². The molecule has 2 saturated heterocycles. The van der Waals surface area contributed by atoms with E-state index in [0.717, 1.165) is 0 Å². The number of cyclic esters (lactones) is 1. The van der Waals surface area contributed by atoms with E-state index in [2.05, 4.69) is 0 Å². The van der Waals surface area contributed by atoms with Crippen molar-refractivity contribution in [1.29, 1.82) is 0 Å². The van der Waals surface area contributed by atoms with Crippen molar-refractivity contribution < 1.29 is 19.0 Å². The van der Waals surface area contributed by atoms with Crippen LogP contribution in [0.2, 0.25) is 0 Å². The summed E-state index contributed by atoms with van der Waals surface area (Å²) < 4.78 is 15.8. The molecule has 2 heterocycles. The van der Waals surface area contributed by atoms with Crippen LogP contribution in [0.5, 0.6) is 0 Å². The van der Waals surface area contributed by atoms with Gasteiger partial charge >= 0.3 is 5.97 Å². The average molecular weight is 172 g/mol. The van der Waals surface area contributed by atoms with Gasteiger partial charge in [-0.2, -0.15) is 0 Å². The Morgan fingerprint density at radius 2 is 2.08 bits per heavy atom. The van der Waals surface area contributed by atoms with Crippen LogP contribution in [0.4, 0.5) is 0 Å². The topological polar surface area (TPSA) is 44.8 Å². The van der Waals surface area contributed by atoms with E-state index in [4.69, 9.17) is 14.2 Å². The largest absolute Gasteiger partial charge is 0.462 e. The van der Waals surface area contributed by atoms with E-state index in [-0.39, 0.29) is 18.5 Å². The molecule has 0 unspecified atom stereocenters. The quantitative estimate of drug-likeness (QED) is 0.498. The van der Waals surface area contributed by atoms with Crippen molar-refractivity contribution in [3.63, 3.8) is 0 Å². The predicted octanol–water partition coefficient (Wildman–Crippen LogP) is 0.455. The van der Waals surface area contributed by atoms with Gasteiger partial charge in [0.2, 0.25) is 0 Å². The van der Waals surface area contributed by atoms with Gasteiger partial charge < -0.3 is 14.2 Å². The van der Waals surface area contributed by atoms with Crippen LogP contribution in [0.25, 0.3) is 0 Å². The van der Waals surface area contributed by atoms with Gasteiger partial charge in [-0.3, -0.25) is 4.79 Å². The maximum Gasteiger partial charge on any atom is 0.311 e. The Balaban J connectivity index is 2.09. The van der Waals surface area contributed by atoms with Gasteiger partial charge in [-0.25, -0.2) is 0 Å². The molecule has 68 valence electrons. The van der Waals surface area contributed by atoms with Gasteiger partial charge in [-0.15, -0.1) is 0 Å². The molecule has 0 saturated carbocycles. The van der Waals surface area contributed by atoms with E-state index in [0.29, 0.717) is 19.6 Å². The molecule has 4 heteroatoms. The van der Waals surface area contributed by atoms with Crippen LogP contribution in [-0.4, -0.2) is 31.1 Å². The standard InChI is InChI=1S/C8H12O4/c1-6-4-8(5-7(9)12-6)10-2-3-11-8/h6H,2-5H2,1H3/t6-/m0/s1. The predicted molar refractivity (Wildman–Crippen MR) is 39.4 cm³/mol. The summed E-state index contributed by atoms with van der Waals surface area (Å²) in [6.45, 7) is 3.02.